The quantitative estimate of drug-likeness (QED) is 0.344. The summed E-state index contributed by atoms with van der Waals surface area (Å²) in [5, 5.41) is 0. The molecule has 0 aliphatic heterocycles. The minimum absolute atomic E-state index is 0. The minimum atomic E-state index is -5.75. The van der Waals surface area contributed by atoms with Crippen LogP contribution in [0.3, 0.4) is 0 Å². The molecule has 0 fully saturated rings. The fourth-order valence-electron chi connectivity index (χ4n) is 0. The summed E-state index contributed by atoms with van der Waals surface area (Å²) in [5.74, 6) is 0. The summed E-state index contributed by atoms with van der Waals surface area (Å²) in [7, 11) is 0. The Kier molecular flexibility index (Phi) is 25.3. The van der Waals surface area contributed by atoms with Crippen molar-refractivity contribution >= 4 is 0 Å². The molecule has 0 atom stereocenters. The molecule has 0 aromatic rings. The third-order valence-electron chi connectivity index (χ3n) is 0. The van der Waals surface area contributed by atoms with Crippen LogP contribution in [0.25, 0.3) is 0 Å². The Morgan fingerprint density at radius 3 is 1.00 bits per heavy atom. The molecule has 5 nitrogen and oxygen atoms in total. The molecule has 0 aliphatic carbocycles. The van der Waals surface area contributed by atoms with Gasteiger partial charge in [0.15, 0.2) is 0 Å². The van der Waals surface area contributed by atoms with Gasteiger partial charge in [0.2, 0.25) is 0 Å². The van der Waals surface area contributed by atoms with Gasteiger partial charge in [-0.15, -0.1) is 0 Å². The van der Waals surface area contributed by atoms with Gasteiger partial charge in [0.1, 0.15) is 0 Å². The summed E-state index contributed by atoms with van der Waals surface area (Å²) in [6.07, 6.45) is 0. The maximum atomic E-state index is 8.59. The normalized spacial score (nSPS) is 7.25. The Balaban J connectivity index is -0.0000000267. The first-order valence-corrected chi connectivity index (χ1v) is 2.75. The molecule has 0 saturated heterocycles. The van der Waals surface area contributed by atoms with Crippen molar-refractivity contribution in [3.63, 3.8) is 0 Å². The van der Waals surface area contributed by atoms with Crippen LogP contribution in [-0.2, 0) is 21.2 Å². The van der Waals surface area contributed by atoms with Crippen molar-refractivity contribution in [3.05, 3.63) is 0 Å². The summed E-state index contributed by atoms with van der Waals surface area (Å²) in [6.45, 7) is 0. The van der Waals surface area contributed by atoms with Gasteiger partial charge < -0.3 is 5.48 Å². The monoisotopic (exact) mass is 180 g/mol. The molecule has 0 aromatic heterocycles. The van der Waals surface area contributed by atoms with E-state index >= 15 is 0 Å². The summed E-state index contributed by atoms with van der Waals surface area (Å²) < 4.78 is 34.4. The first kappa shape index (κ1) is 22.5. The van der Waals surface area contributed by atoms with Crippen LogP contribution in [0.15, 0.2) is 0 Å². The van der Waals surface area contributed by atoms with E-state index in [0.717, 1.165) is 0 Å². The van der Waals surface area contributed by atoms with Crippen molar-refractivity contribution in [2.24, 2.45) is 0 Å². The van der Waals surface area contributed by atoms with Gasteiger partial charge in [-0.25, -0.2) is 0 Å². The Morgan fingerprint density at radius 1 is 1.00 bits per heavy atom. The Bertz CT molecular complexity index is 93.6. The molecule has 8 heteroatoms. The van der Waals surface area contributed by atoms with Crippen molar-refractivity contribution in [1.82, 2.24) is 0 Å². The van der Waals surface area contributed by atoms with Crippen LogP contribution in [0, 0.1) is 0 Å². The first-order chi connectivity index (χ1) is 2.00. The Labute approximate surface area is 92.7 Å². The van der Waals surface area contributed by atoms with Gasteiger partial charge in [-0.3, -0.25) is 0 Å². The molecule has 0 rings (SSSR count). The van der Waals surface area contributed by atoms with Gasteiger partial charge in [-0.1, -0.05) is 0 Å². The fraction of sp³-hybridized carbons (Fsp3) is 0. The van der Waals surface area contributed by atoms with E-state index in [2.05, 4.69) is 0 Å². The zero-order valence-corrected chi connectivity index (χ0v) is 9.82. The van der Waals surface area contributed by atoms with Crippen molar-refractivity contribution in [2.75, 3.05) is 0 Å². The molecular formula is H2CrNa2O5. The van der Waals surface area contributed by atoms with Gasteiger partial charge in [-0.05, 0) is 0 Å². The van der Waals surface area contributed by atoms with Gasteiger partial charge in [0.25, 0.3) is 0 Å². The van der Waals surface area contributed by atoms with Crippen molar-refractivity contribution in [2.45, 2.75) is 0 Å². The van der Waals surface area contributed by atoms with E-state index in [1.165, 1.54) is 0 Å². The van der Waals surface area contributed by atoms with E-state index in [9.17, 15) is 0 Å². The number of hydrogen-bond donors (Lipinski definition) is 0. The molecule has 0 saturated carbocycles. The molecule has 0 aliphatic rings. The van der Waals surface area contributed by atoms with E-state index in [1.54, 1.807) is 0 Å². The van der Waals surface area contributed by atoms with E-state index in [-0.39, 0.29) is 64.6 Å². The van der Waals surface area contributed by atoms with Crippen LogP contribution in [0.2, 0.25) is 0 Å². The number of rotatable bonds is 0. The van der Waals surface area contributed by atoms with Crippen LogP contribution < -0.4 is 67.4 Å². The van der Waals surface area contributed by atoms with Crippen LogP contribution in [0.4, 0.5) is 0 Å². The molecule has 0 radical (unpaired) electrons. The van der Waals surface area contributed by atoms with Crippen molar-refractivity contribution < 1.29 is 94.1 Å². The second kappa shape index (κ2) is 9.01. The molecule has 0 heterocycles. The third kappa shape index (κ3) is 97.3. The predicted molar refractivity (Wildman–Crippen MR) is 4.99 cm³/mol. The maximum absolute atomic E-state index is 8.59. The van der Waals surface area contributed by atoms with E-state index in [1.807, 2.05) is 0 Å². The van der Waals surface area contributed by atoms with E-state index < -0.39 is 13.6 Å². The van der Waals surface area contributed by atoms with Crippen LogP contribution in [0.1, 0.15) is 0 Å². The Hall–Kier alpha value is 2.01. The summed E-state index contributed by atoms with van der Waals surface area (Å²) in [5.41, 5.74) is 0. The average Bonchev–Trinajstić information content (AvgIpc) is 0.722. The fourth-order valence-corrected chi connectivity index (χ4v) is 0. The van der Waals surface area contributed by atoms with Gasteiger partial charge in [0, 0.05) is 0 Å². The molecule has 40 valence electrons. The second-order valence-corrected chi connectivity index (χ2v) is 1.68. The van der Waals surface area contributed by atoms with Crippen molar-refractivity contribution in [3.8, 4) is 0 Å². The topological polar surface area (TPSA) is 112 Å². The molecular weight excluding hydrogens is 178 g/mol. The van der Waals surface area contributed by atoms with Gasteiger partial charge >= 0.3 is 88.7 Å². The first-order valence-electron chi connectivity index (χ1n) is 0.667. The summed E-state index contributed by atoms with van der Waals surface area (Å²) in [4.78, 5) is 0. The van der Waals surface area contributed by atoms with Gasteiger partial charge in [-0.2, -0.15) is 0 Å². The van der Waals surface area contributed by atoms with Crippen molar-refractivity contribution in [1.29, 1.82) is 0 Å². The van der Waals surface area contributed by atoms with Crippen LogP contribution in [-0.4, -0.2) is 5.48 Å². The second-order valence-electron chi connectivity index (χ2n) is 0.408. The molecule has 0 spiro atoms. The zero-order valence-electron chi connectivity index (χ0n) is 4.54. The molecule has 0 unspecified atom stereocenters. The van der Waals surface area contributed by atoms with E-state index in [4.69, 9.17) is 15.9 Å². The summed E-state index contributed by atoms with van der Waals surface area (Å²) >= 11 is -5.75. The SMILES string of the molecule is O.[Na+].[Na+].[O]=[Cr](=[O])([O-])[O-]. The molecule has 0 aromatic carbocycles. The van der Waals surface area contributed by atoms with E-state index in [0.29, 0.717) is 0 Å². The molecule has 2 N–H and O–H groups in total. The molecule has 0 bridgehead atoms. The third-order valence-corrected chi connectivity index (χ3v) is 0. The standard InChI is InChI=1S/Cr.2Na.H2O.4O/h;;;1H2;;;;/q;2*+1;;;;2*-1. The van der Waals surface area contributed by atoms with Crippen LogP contribution in [0.5, 0.6) is 0 Å². The molecule has 8 heavy (non-hydrogen) atoms. The Morgan fingerprint density at radius 2 is 1.00 bits per heavy atom. The molecule has 0 amide bonds. The van der Waals surface area contributed by atoms with Gasteiger partial charge in [0.05, 0.1) is 0 Å². The van der Waals surface area contributed by atoms with Crippen LogP contribution >= 0.6 is 0 Å². The number of hydrogen-bond acceptors (Lipinski definition) is 4. The predicted octanol–water partition coefficient (Wildman–Crippen LogP) is -9.43. The zero-order chi connectivity index (χ0) is 4.50. The average molecular weight is 180 g/mol. The summed E-state index contributed by atoms with van der Waals surface area (Å²) in [6, 6.07) is 0.